The van der Waals surface area contributed by atoms with Crippen molar-refractivity contribution in [2.75, 3.05) is 49.4 Å². The third-order valence-electron chi connectivity index (χ3n) is 2.86. The second-order valence-electron chi connectivity index (χ2n) is 4.43. The maximum absolute atomic E-state index is 11.6. The molecule has 0 aliphatic carbocycles. The average Bonchev–Trinajstić information content (AvgIpc) is 2.48. The van der Waals surface area contributed by atoms with Crippen molar-refractivity contribution in [1.82, 2.24) is 9.97 Å². The molecule has 3 N–H and O–H groups in total. The van der Waals surface area contributed by atoms with Gasteiger partial charge in [0.2, 0.25) is 5.95 Å². The van der Waals surface area contributed by atoms with Gasteiger partial charge >= 0.3 is 6.09 Å². The number of rotatable bonds is 5. The van der Waals surface area contributed by atoms with Crippen molar-refractivity contribution in [1.29, 1.82) is 0 Å². The molecule has 0 saturated heterocycles. The number of amides is 1. The van der Waals surface area contributed by atoms with Crippen LogP contribution in [0.4, 0.5) is 22.4 Å². The van der Waals surface area contributed by atoms with Crippen molar-refractivity contribution in [3.05, 3.63) is 18.2 Å². The molecular weight excluding hydrogens is 274 g/mol. The molecule has 114 valence electrons. The molecule has 21 heavy (non-hydrogen) atoms. The quantitative estimate of drug-likeness (QED) is 0.617. The Morgan fingerprint density at radius 2 is 2.29 bits per heavy atom. The summed E-state index contributed by atoms with van der Waals surface area (Å²) in [5.74, 6) is 1.10. The van der Waals surface area contributed by atoms with E-state index in [0.29, 0.717) is 18.2 Å². The van der Waals surface area contributed by atoms with E-state index in [1.54, 1.807) is 6.07 Å². The minimum absolute atomic E-state index is 0.106. The Labute approximate surface area is 122 Å². The van der Waals surface area contributed by atoms with Gasteiger partial charge in [-0.1, -0.05) is 12.2 Å². The summed E-state index contributed by atoms with van der Waals surface area (Å²) in [4.78, 5) is 21.8. The highest BCUT2D eigenvalue weighted by atomic mass is 16.6. The summed E-state index contributed by atoms with van der Waals surface area (Å²) in [6.45, 7) is 2.12. The highest BCUT2D eigenvalue weighted by Crippen LogP contribution is 2.19. The average molecular weight is 293 g/mol. The summed E-state index contributed by atoms with van der Waals surface area (Å²) in [5.41, 5.74) is 5.68. The number of hydrogen-bond donors (Lipinski definition) is 2. The topological polar surface area (TPSA) is 103 Å². The van der Waals surface area contributed by atoms with Gasteiger partial charge in [-0.05, 0) is 6.42 Å². The van der Waals surface area contributed by atoms with Crippen molar-refractivity contribution in [3.8, 4) is 0 Å². The number of ether oxygens (including phenoxy) is 2. The number of hydrogen-bond acceptors (Lipinski definition) is 7. The van der Waals surface area contributed by atoms with E-state index >= 15 is 0 Å². The second kappa shape index (κ2) is 7.44. The number of carbonyl (C=O) groups is 1. The van der Waals surface area contributed by atoms with Gasteiger partial charge in [-0.3, -0.25) is 5.32 Å². The molecule has 1 aliphatic heterocycles. The van der Waals surface area contributed by atoms with Crippen LogP contribution in [0, 0.1) is 0 Å². The van der Waals surface area contributed by atoms with Crippen molar-refractivity contribution in [2.24, 2.45) is 0 Å². The van der Waals surface area contributed by atoms with E-state index in [4.69, 9.17) is 15.2 Å². The summed E-state index contributed by atoms with van der Waals surface area (Å²) in [7, 11) is 1.53. The fourth-order valence-electron chi connectivity index (χ4n) is 1.89. The fraction of sp³-hybridized carbons (Fsp3) is 0.462. The van der Waals surface area contributed by atoms with E-state index in [2.05, 4.69) is 32.3 Å². The summed E-state index contributed by atoms with van der Waals surface area (Å²) in [6.07, 6.45) is 4.53. The van der Waals surface area contributed by atoms with E-state index in [1.165, 1.54) is 7.11 Å². The first-order valence-electron chi connectivity index (χ1n) is 6.66. The Hall–Kier alpha value is -2.35. The van der Waals surface area contributed by atoms with Crippen LogP contribution < -0.4 is 16.0 Å². The lowest BCUT2D eigenvalue weighted by Crippen LogP contribution is -2.28. The molecule has 1 aliphatic rings. The molecule has 8 nitrogen and oxygen atoms in total. The van der Waals surface area contributed by atoms with Gasteiger partial charge in [0.25, 0.3) is 0 Å². The number of nitrogens with zero attached hydrogens (tertiary/aromatic N) is 3. The van der Waals surface area contributed by atoms with Gasteiger partial charge in [0.1, 0.15) is 18.2 Å². The Morgan fingerprint density at radius 3 is 3.00 bits per heavy atom. The lowest BCUT2D eigenvalue weighted by molar-refractivity contribution is 0.107. The molecule has 1 aromatic heterocycles. The molecule has 0 aromatic carbocycles. The van der Waals surface area contributed by atoms with Crippen LogP contribution in [0.25, 0.3) is 0 Å². The first kappa shape index (κ1) is 15.0. The number of nitrogens with two attached hydrogens (primary N) is 1. The van der Waals surface area contributed by atoms with Crippen molar-refractivity contribution in [3.63, 3.8) is 0 Å². The number of methoxy groups -OCH3 is 1. The lowest BCUT2D eigenvalue weighted by atomic mass is 10.2. The van der Waals surface area contributed by atoms with Crippen LogP contribution in [-0.4, -0.2) is 49.5 Å². The molecule has 1 amide bonds. The standard InChI is InChI=1S/C13H19N5O3/c1-20-7-8-21-13(19)16-10-9-11(17-12(14)15-10)18-5-3-2-4-6-18/h2-3,9H,4-8H2,1H3,(H3,14,15,16,17,19). The van der Waals surface area contributed by atoms with Crippen molar-refractivity contribution < 1.29 is 14.3 Å². The van der Waals surface area contributed by atoms with E-state index in [-0.39, 0.29) is 12.6 Å². The van der Waals surface area contributed by atoms with Crippen LogP contribution >= 0.6 is 0 Å². The summed E-state index contributed by atoms with van der Waals surface area (Å²) in [6, 6.07) is 1.67. The summed E-state index contributed by atoms with van der Waals surface area (Å²) in [5, 5.41) is 2.53. The normalized spacial score (nSPS) is 14.0. The first-order chi connectivity index (χ1) is 10.2. The van der Waals surface area contributed by atoms with E-state index in [9.17, 15) is 4.79 Å². The van der Waals surface area contributed by atoms with Gasteiger partial charge in [-0.2, -0.15) is 9.97 Å². The summed E-state index contributed by atoms with van der Waals surface area (Å²) >= 11 is 0. The van der Waals surface area contributed by atoms with Crippen LogP contribution in [0.3, 0.4) is 0 Å². The molecule has 0 spiro atoms. The van der Waals surface area contributed by atoms with E-state index in [0.717, 1.165) is 19.5 Å². The van der Waals surface area contributed by atoms with Crippen LogP contribution in [0.2, 0.25) is 0 Å². The molecule has 2 rings (SSSR count). The molecule has 0 atom stereocenters. The third-order valence-corrected chi connectivity index (χ3v) is 2.86. The molecule has 0 fully saturated rings. The zero-order chi connectivity index (χ0) is 15.1. The predicted molar refractivity (Wildman–Crippen MR) is 79.3 cm³/mol. The number of carbonyl (C=O) groups excluding carboxylic acids is 1. The molecule has 0 unspecified atom stereocenters. The molecule has 1 aromatic rings. The number of aromatic nitrogens is 2. The highest BCUT2D eigenvalue weighted by molar-refractivity contribution is 5.84. The molecule has 2 heterocycles. The molecule has 0 saturated carbocycles. The van der Waals surface area contributed by atoms with Crippen LogP contribution in [0.15, 0.2) is 18.2 Å². The Bertz CT molecular complexity index is 521. The number of anilines is 3. The molecule has 8 heteroatoms. The SMILES string of the molecule is COCCOC(=O)Nc1cc(N2CC=CCC2)nc(N)n1. The van der Waals surface area contributed by atoms with Gasteiger partial charge in [-0.15, -0.1) is 0 Å². The monoisotopic (exact) mass is 293 g/mol. The maximum Gasteiger partial charge on any atom is 0.412 e. The Morgan fingerprint density at radius 1 is 1.43 bits per heavy atom. The van der Waals surface area contributed by atoms with Gasteiger partial charge in [0, 0.05) is 26.3 Å². The van der Waals surface area contributed by atoms with Crippen molar-refractivity contribution in [2.45, 2.75) is 6.42 Å². The number of nitrogen functional groups attached to an aromatic ring is 1. The van der Waals surface area contributed by atoms with Crippen LogP contribution in [0.5, 0.6) is 0 Å². The molecule has 0 bridgehead atoms. The highest BCUT2D eigenvalue weighted by Gasteiger charge is 2.13. The fourth-order valence-corrected chi connectivity index (χ4v) is 1.89. The smallest absolute Gasteiger partial charge is 0.412 e. The third kappa shape index (κ3) is 4.60. The first-order valence-corrected chi connectivity index (χ1v) is 6.66. The van der Waals surface area contributed by atoms with E-state index in [1.807, 2.05) is 0 Å². The zero-order valence-electron chi connectivity index (χ0n) is 11.9. The van der Waals surface area contributed by atoms with Crippen LogP contribution in [-0.2, 0) is 9.47 Å². The van der Waals surface area contributed by atoms with Crippen molar-refractivity contribution >= 4 is 23.7 Å². The van der Waals surface area contributed by atoms with Gasteiger partial charge < -0.3 is 20.1 Å². The Balaban J connectivity index is 2.01. The second-order valence-corrected chi connectivity index (χ2v) is 4.43. The Kier molecular flexibility index (Phi) is 5.33. The lowest BCUT2D eigenvalue weighted by Gasteiger charge is -2.24. The molecular formula is C13H19N5O3. The largest absolute Gasteiger partial charge is 0.447 e. The minimum atomic E-state index is -0.602. The predicted octanol–water partition coefficient (Wildman–Crippen LogP) is 1.02. The summed E-state index contributed by atoms with van der Waals surface area (Å²) < 4.78 is 9.71. The van der Waals surface area contributed by atoms with E-state index < -0.39 is 6.09 Å². The van der Waals surface area contributed by atoms with Gasteiger partial charge in [-0.25, -0.2) is 4.79 Å². The van der Waals surface area contributed by atoms with Crippen LogP contribution in [0.1, 0.15) is 6.42 Å². The minimum Gasteiger partial charge on any atom is -0.447 e. The number of nitrogens with one attached hydrogen (secondary N) is 1. The maximum atomic E-state index is 11.6. The molecule has 0 radical (unpaired) electrons. The zero-order valence-corrected chi connectivity index (χ0v) is 11.9. The van der Waals surface area contributed by atoms with Gasteiger partial charge in [0.05, 0.1) is 6.61 Å². The van der Waals surface area contributed by atoms with Gasteiger partial charge in [0.15, 0.2) is 0 Å².